The van der Waals surface area contributed by atoms with Crippen LogP contribution in [0.3, 0.4) is 0 Å². The van der Waals surface area contributed by atoms with Crippen molar-refractivity contribution in [1.82, 2.24) is 0 Å². The molecule has 0 heterocycles. The van der Waals surface area contributed by atoms with Gasteiger partial charge in [0.2, 0.25) is 0 Å². The first kappa shape index (κ1) is 16.1. The minimum atomic E-state index is -0.250. The Morgan fingerprint density at radius 3 is 2.61 bits per heavy atom. The van der Waals surface area contributed by atoms with Crippen LogP contribution in [0.25, 0.3) is 0 Å². The largest absolute Gasteiger partial charge is 0.395 e. The molecule has 0 amide bonds. The van der Waals surface area contributed by atoms with Crippen LogP contribution in [-0.2, 0) is 0 Å². The summed E-state index contributed by atoms with van der Waals surface area (Å²) in [6.07, 6.45) is 9.08. The standard InChI is InChI=1S/C20H32O3/c1-12-14-4-3-13-15-5-6-18(23)19(15,2)9-7-16(13)20(14,11-21)10-8-17(12)22/h4,12-13,15-18,21-23H,3,5-11H2,1-2H3/t12?,13-,15-,16+,17?,18?,19-,20+/m0/s1. The van der Waals surface area contributed by atoms with Gasteiger partial charge in [0, 0.05) is 11.3 Å². The van der Waals surface area contributed by atoms with E-state index in [2.05, 4.69) is 19.9 Å². The van der Waals surface area contributed by atoms with Crippen molar-refractivity contribution in [1.29, 1.82) is 0 Å². The summed E-state index contributed by atoms with van der Waals surface area (Å²) < 4.78 is 0. The van der Waals surface area contributed by atoms with Crippen LogP contribution in [-0.4, -0.2) is 34.1 Å². The Morgan fingerprint density at radius 2 is 1.87 bits per heavy atom. The summed E-state index contributed by atoms with van der Waals surface area (Å²) in [4.78, 5) is 0. The van der Waals surface area contributed by atoms with Crippen molar-refractivity contribution >= 4 is 0 Å². The average molecular weight is 320 g/mol. The summed E-state index contributed by atoms with van der Waals surface area (Å²) in [5.41, 5.74) is 1.32. The lowest BCUT2D eigenvalue weighted by atomic mass is 9.46. The van der Waals surface area contributed by atoms with Gasteiger partial charge in [0.1, 0.15) is 0 Å². The number of rotatable bonds is 1. The molecule has 3 heteroatoms. The first-order valence-corrected chi connectivity index (χ1v) is 9.61. The van der Waals surface area contributed by atoms with Gasteiger partial charge in [-0.1, -0.05) is 25.5 Å². The minimum absolute atomic E-state index is 0.0863. The van der Waals surface area contributed by atoms with Crippen LogP contribution in [0.2, 0.25) is 0 Å². The molecule has 4 rings (SSSR count). The lowest BCUT2D eigenvalue weighted by molar-refractivity contribution is -0.0951. The van der Waals surface area contributed by atoms with Gasteiger partial charge >= 0.3 is 0 Å². The molecule has 3 unspecified atom stereocenters. The molecule has 3 nitrogen and oxygen atoms in total. The molecule has 0 aromatic rings. The van der Waals surface area contributed by atoms with Crippen LogP contribution in [0.1, 0.15) is 58.8 Å². The van der Waals surface area contributed by atoms with Crippen molar-refractivity contribution in [3.8, 4) is 0 Å². The quantitative estimate of drug-likeness (QED) is 0.651. The van der Waals surface area contributed by atoms with Crippen molar-refractivity contribution in [3.63, 3.8) is 0 Å². The van der Waals surface area contributed by atoms with Crippen molar-refractivity contribution in [2.45, 2.75) is 71.0 Å². The fourth-order valence-electron chi connectivity index (χ4n) is 7.07. The van der Waals surface area contributed by atoms with Gasteiger partial charge in [-0.25, -0.2) is 0 Å². The Labute approximate surface area is 139 Å². The summed E-state index contributed by atoms with van der Waals surface area (Å²) in [6.45, 7) is 4.65. The molecular weight excluding hydrogens is 288 g/mol. The third-order valence-corrected chi connectivity index (χ3v) is 8.52. The number of allylic oxidation sites excluding steroid dienone is 1. The fourth-order valence-corrected chi connectivity index (χ4v) is 7.07. The zero-order valence-electron chi connectivity index (χ0n) is 14.5. The molecule has 0 radical (unpaired) electrons. The topological polar surface area (TPSA) is 60.7 Å². The predicted molar refractivity (Wildman–Crippen MR) is 89.7 cm³/mol. The number of hydrogen-bond acceptors (Lipinski definition) is 3. The highest BCUT2D eigenvalue weighted by Crippen LogP contribution is 2.65. The Kier molecular flexibility index (Phi) is 3.72. The third kappa shape index (κ3) is 1.99. The maximum Gasteiger partial charge on any atom is 0.0603 e. The molecule has 3 N–H and O–H groups in total. The van der Waals surface area contributed by atoms with Crippen molar-refractivity contribution in [3.05, 3.63) is 11.6 Å². The minimum Gasteiger partial charge on any atom is -0.395 e. The highest BCUT2D eigenvalue weighted by molar-refractivity contribution is 5.28. The molecule has 4 aliphatic rings. The Morgan fingerprint density at radius 1 is 1.09 bits per heavy atom. The zero-order chi connectivity index (χ0) is 16.4. The molecule has 8 atom stereocenters. The van der Waals surface area contributed by atoms with E-state index in [-0.39, 0.29) is 35.6 Å². The SMILES string of the molecule is CC1C2=CC[C@@H]3[C@@H](CC[C@]4(C)C(O)CC[C@@H]34)[C@@]2(CO)CCC1O. The van der Waals surface area contributed by atoms with Crippen LogP contribution in [0.15, 0.2) is 11.6 Å². The monoisotopic (exact) mass is 320 g/mol. The zero-order valence-corrected chi connectivity index (χ0v) is 14.5. The second-order valence-corrected chi connectivity index (χ2v) is 9.12. The van der Waals surface area contributed by atoms with Crippen molar-refractivity contribution < 1.29 is 15.3 Å². The molecule has 23 heavy (non-hydrogen) atoms. The van der Waals surface area contributed by atoms with E-state index in [0.29, 0.717) is 17.8 Å². The van der Waals surface area contributed by atoms with Crippen LogP contribution in [0.4, 0.5) is 0 Å². The molecule has 0 aromatic heterocycles. The van der Waals surface area contributed by atoms with E-state index in [1.54, 1.807) is 0 Å². The highest BCUT2D eigenvalue weighted by atomic mass is 16.3. The molecule has 3 fully saturated rings. The van der Waals surface area contributed by atoms with E-state index < -0.39 is 0 Å². The van der Waals surface area contributed by atoms with Gasteiger partial charge in [-0.3, -0.25) is 0 Å². The van der Waals surface area contributed by atoms with E-state index in [4.69, 9.17) is 0 Å². The van der Waals surface area contributed by atoms with Crippen LogP contribution in [0.5, 0.6) is 0 Å². The molecule has 130 valence electrons. The van der Waals surface area contributed by atoms with E-state index >= 15 is 0 Å². The van der Waals surface area contributed by atoms with Crippen LogP contribution >= 0.6 is 0 Å². The van der Waals surface area contributed by atoms with Gasteiger partial charge in [0.25, 0.3) is 0 Å². The maximum absolute atomic E-state index is 10.5. The first-order valence-electron chi connectivity index (χ1n) is 9.61. The van der Waals surface area contributed by atoms with Crippen molar-refractivity contribution in [2.24, 2.45) is 34.5 Å². The van der Waals surface area contributed by atoms with Gasteiger partial charge in [-0.15, -0.1) is 0 Å². The first-order chi connectivity index (χ1) is 10.9. The molecule has 0 spiro atoms. The number of aliphatic hydroxyl groups excluding tert-OH is 3. The highest BCUT2D eigenvalue weighted by Gasteiger charge is 2.60. The Hall–Kier alpha value is -0.380. The van der Waals surface area contributed by atoms with Gasteiger partial charge in [0.15, 0.2) is 0 Å². The number of fused-ring (bicyclic) bond motifs is 5. The summed E-state index contributed by atoms with van der Waals surface area (Å²) >= 11 is 0. The number of aliphatic hydroxyl groups is 3. The fraction of sp³-hybridized carbons (Fsp3) is 0.900. The van der Waals surface area contributed by atoms with Gasteiger partial charge < -0.3 is 15.3 Å². The second kappa shape index (κ2) is 5.31. The summed E-state index contributed by atoms with van der Waals surface area (Å²) in [6, 6.07) is 0. The molecular formula is C20H32O3. The lowest BCUT2D eigenvalue weighted by Gasteiger charge is -2.59. The average Bonchev–Trinajstić information content (AvgIpc) is 2.86. The molecule has 4 aliphatic carbocycles. The van der Waals surface area contributed by atoms with Gasteiger partial charge in [-0.05, 0) is 68.1 Å². The Bertz CT molecular complexity index is 515. The molecule has 0 aromatic carbocycles. The molecule has 0 saturated heterocycles. The number of hydrogen-bond donors (Lipinski definition) is 3. The lowest BCUT2D eigenvalue weighted by Crippen LogP contribution is -2.55. The van der Waals surface area contributed by atoms with Gasteiger partial charge in [-0.2, -0.15) is 0 Å². The van der Waals surface area contributed by atoms with Gasteiger partial charge in [0.05, 0.1) is 18.8 Å². The summed E-state index contributed by atoms with van der Waals surface area (Å²) in [5, 5.41) is 31.2. The smallest absolute Gasteiger partial charge is 0.0603 e. The van der Waals surface area contributed by atoms with Crippen LogP contribution < -0.4 is 0 Å². The Balaban J connectivity index is 1.73. The predicted octanol–water partition coefficient (Wildman–Crippen LogP) is 2.89. The molecule has 3 saturated carbocycles. The normalized spacial score (nSPS) is 55.6. The third-order valence-electron chi connectivity index (χ3n) is 8.52. The second-order valence-electron chi connectivity index (χ2n) is 9.12. The maximum atomic E-state index is 10.5. The van der Waals surface area contributed by atoms with E-state index in [0.717, 1.165) is 44.9 Å². The summed E-state index contributed by atoms with van der Waals surface area (Å²) in [7, 11) is 0. The van der Waals surface area contributed by atoms with Crippen LogP contribution in [0, 0.1) is 34.5 Å². The molecule has 0 bridgehead atoms. The van der Waals surface area contributed by atoms with E-state index in [9.17, 15) is 15.3 Å². The molecule has 0 aliphatic heterocycles. The van der Waals surface area contributed by atoms with E-state index in [1.807, 2.05) is 0 Å². The van der Waals surface area contributed by atoms with Crippen molar-refractivity contribution in [2.75, 3.05) is 6.61 Å². The van der Waals surface area contributed by atoms with E-state index in [1.165, 1.54) is 5.57 Å². The summed E-state index contributed by atoms with van der Waals surface area (Å²) in [5.74, 6) is 1.91.